The highest BCUT2D eigenvalue weighted by Gasteiger charge is 2.12. The molecule has 0 atom stereocenters. The van der Waals surface area contributed by atoms with Crippen LogP contribution in [0.3, 0.4) is 0 Å². The lowest BCUT2D eigenvalue weighted by molar-refractivity contribution is 0.753. The van der Waals surface area contributed by atoms with Gasteiger partial charge in [0, 0.05) is 26.7 Å². The van der Waals surface area contributed by atoms with Gasteiger partial charge < -0.3 is 4.90 Å². The molecule has 4 nitrogen and oxygen atoms in total. The molecule has 0 bridgehead atoms. The van der Waals surface area contributed by atoms with Crippen molar-refractivity contribution in [2.45, 2.75) is 0 Å². The Kier molecular flexibility index (Phi) is 2.83. The van der Waals surface area contributed by atoms with Crippen molar-refractivity contribution >= 4 is 17.5 Å². The minimum Gasteiger partial charge on any atom is -0.347 e. The van der Waals surface area contributed by atoms with Gasteiger partial charge in [0.15, 0.2) is 5.82 Å². The number of hydrogen-bond donors (Lipinski definition) is 0. The number of anilines is 1. The maximum absolute atomic E-state index is 6.10. The van der Waals surface area contributed by atoms with Crippen LogP contribution in [0.1, 0.15) is 0 Å². The highest BCUT2D eigenvalue weighted by molar-refractivity contribution is 6.33. The van der Waals surface area contributed by atoms with Crippen LogP contribution >= 0.6 is 11.6 Å². The molecule has 0 unspecified atom stereocenters. The normalized spacial score (nSPS) is 10.5. The van der Waals surface area contributed by atoms with Crippen molar-refractivity contribution in [1.29, 1.82) is 0 Å². The Balaban J connectivity index is 2.50. The fourth-order valence-electron chi connectivity index (χ4n) is 1.52. The van der Waals surface area contributed by atoms with Crippen LogP contribution in [0.4, 0.5) is 5.95 Å². The van der Waals surface area contributed by atoms with Crippen molar-refractivity contribution in [3.05, 3.63) is 29.3 Å². The lowest BCUT2D eigenvalue weighted by atomic mass is 10.2. The van der Waals surface area contributed by atoms with Gasteiger partial charge in [0.2, 0.25) is 5.95 Å². The van der Waals surface area contributed by atoms with Gasteiger partial charge in [0.25, 0.3) is 0 Å². The molecule has 0 aliphatic heterocycles. The Morgan fingerprint density at radius 2 is 1.94 bits per heavy atom. The SMILES string of the molecule is CN(C)c1nc(-c2ccccc2Cl)nn1C. The minimum absolute atomic E-state index is 0.650. The number of aromatic nitrogens is 3. The summed E-state index contributed by atoms with van der Waals surface area (Å²) >= 11 is 6.10. The average molecular weight is 237 g/mol. The number of benzene rings is 1. The van der Waals surface area contributed by atoms with Crippen LogP contribution in [0.15, 0.2) is 24.3 Å². The third kappa shape index (κ3) is 1.88. The molecule has 0 N–H and O–H groups in total. The number of aryl methyl sites for hydroxylation is 1. The Bertz CT molecular complexity index is 504. The topological polar surface area (TPSA) is 34.0 Å². The molecule has 0 spiro atoms. The van der Waals surface area contributed by atoms with Gasteiger partial charge in [0.05, 0.1) is 5.02 Å². The summed E-state index contributed by atoms with van der Waals surface area (Å²) < 4.78 is 1.73. The second-order valence-electron chi connectivity index (χ2n) is 3.73. The van der Waals surface area contributed by atoms with E-state index in [0.717, 1.165) is 11.5 Å². The number of rotatable bonds is 2. The Morgan fingerprint density at radius 3 is 2.50 bits per heavy atom. The Hall–Kier alpha value is -1.55. The van der Waals surface area contributed by atoms with Gasteiger partial charge in [-0.15, -0.1) is 5.10 Å². The lowest BCUT2D eigenvalue weighted by Crippen LogP contribution is -2.14. The standard InChI is InChI=1S/C11H13ClN4/c1-15(2)11-13-10(14-16(11)3)8-6-4-5-7-9(8)12/h4-7H,1-3H3. The van der Waals surface area contributed by atoms with Crippen molar-refractivity contribution in [2.75, 3.05) is 19.0 Å². The summed E-state index contributed by atoms with van der Waals surface area (Å²) in [5.41, 5.74) is 0.855. The predicted molar refractivity (Wildman–Crippen MR) is 65.8 cm³/mol. The number of halogens is 1. The van der Waals surface area contributed by atoms with Gasteiger partial charge in [-0.05, 0) is 12.1 Å². The van der Waals surface area contributed by atoms with Crippen LogP contribution in [0.2, 0.25) is 5.02 Å². The summed E-state index contributed by atoms with van der Waals surface area (Å²) in [6.07, 6.45) is 0. The fourth-order valence-corrected chi connectivity index (χ4v) is 1.74. The molecule has 0 amide bonds. The van der Waals surface area contributed by atoms with E-state index >= 15 is 0 Å². The Morgan fingerprint density at radius 1 is 1.25 bits per heavy atom. The molecule has 1 aromatic heterocycles. The summed E-state index contributed by atoms with van der Waals surface area (Å²) in [5.74, 6) is 1.45. The first-order valence-corrected chi connectivity index (χ1v) is 5.30. The average Bonchev–Trinajstić information content (AvgIpc) is 2.61. The molecule has 84 valence electrons. The van der Waals surface area contributed by atoms with E-state index in [4.69, 9.17) is 11.6 Å². The molecule has 5 heteroatoms. The van der Waals surface area contributed by atoms with Crippen LogP contribution in [-0.2, 0) is 7.05 Å². The second kappa shape index (κ2) is 4.14. The molecule has 1 heterocycles. The third-order valence-corrected chi connectivity index (χ3v) is 2.58. The van der Waals surface area contributed by atoms with E-state index in [-0.39, 0.29) is 0 Å². The first-order chi connectivity index (χ1) is 7.59. The quantitative estimate of drug-likeness (QED) is 0.802. The van der Waals surface area contributed by atoms with Crippen molar-refractivity contribution in [1.82, 2.24) is 14.8 Å². The Labute approximate surface area is 99.5 Å². The molecule has 0 saturated heterocycles. The zero-order chi connectivity index (χ0) is 11.7. The third-order valence-electron chi connectivity index (χ3n) is 2.25. The van der Waals surface area contributed by atoms with Gasteiger partial charge >= 0.3 is 0 Å². The van der Waals surface area contributed by atoms with Gasteiger partial charge in [-0.25, -0.2) is 4.68 Å². The van der Waals surface area contributed by atoms with Crippen LogP contribution in [-0.4, -0.2) is 28.9 Å². The van der Waals surface area contributed by atoms with Gasteiger partial charge in [-0.3, -0.25) is 0 Å². The summed E-state index contributed by atoms with van der Waals surface area (Å²) in [5, 5.41) is 5.01. The molecule has 1 aromatic carbocycles. The van der Waals surface area contributed by atoms with E-state index in [0.29, 0.717) is 10.8 Å². The maximum Gasteiger partial charge on any atom is 0.223 e. The van der Waals surface area contributed by atoms with E-state index in [1.165, 1.54) is 0 Å². The number of nitrogens with zero attached hydrogens (tertiary/aromatic N) is 4. The zero-order valence-corrected chi connectivity index (χ0v) is 10.2. The minimum atomic E-state index is 0.650. The summed E-state index contributed by atoms with van der Waals surface area (Å²) in [7, 11) is 5.73. The highest BCUT2D eigenvalue weighted by Crippen LogP contribution is 2.25. The van der Waals surface area contributed by atoms with Gasteiger partial charge in [-0.1, -0.05) is 23.7 Å². The van der Waals surface area contributed by atoms with E-state index in [1.807, 2.05) is 50.3 Å². The molecule has 0 saturated carbocycles. The highest BCUT2D eigenvalue weighted by atomic mass is 35.5. The monoisotopic (exact) mass is 236 g/mol. The summed E-state index contributed by atoms with van der Waals surface area (Å²) in [6, 6.07) is 7.56. The van der Waals surface area contributed by atoms with Crippen LogP contribution in [0.25, 0.3) is 11.4 Å². The van der Waals surface area contributed by atoms with Crippen molar-refractivity contribution in [3.8, 4) is 11.4 Å². The first kappa shape index (κ1) is 11.0. The molecule has 0 radical (unpaired) electrons. The fraction of sp³-hybridized carbons (Fsp3) is 0.273. The van der Waals surface area contributed by atoms with Crippen LogP contribution < -0.4 is 4.90 Å². The molecule has 0 aliphatic rings. The molecule has 0 fully saturated rings. The molecular formula is C11H13ClN4. The second-order valence-corrected chi connectivity index (χ2v) is 4.14. The van der Waals surface area contributed by atoms with Crippen LogP contribution in [0.5, 0.6) is 0 Å². The van der Waals surface area contributed by atoms with Gasteiger partial charge in [0.1, 0.15) is 0 Å². The van der Waals surface area contributed by atoms with Crippen molar-refractivity contribution < 1.29 is 0 Å². The molecule has 2 rings (SSSR count). The summed E-state index contributed by atoms with van der Waals surface area (Å²) in [4.78, 5) is 6.34. The first-order valence-electron chi connectivity index (χ1n) is 4.93. The molecule has 0 aliphatic carbocycles. The lowest BCUT2D eigenvalue weighted by Gasteiger charge is -2.08. The van der Waals surface area contributed by atoms with E-state index in [1.54, 1.807) is 4.68 Å². The van der Waals surface area contributed by atoms with Gasteiger partial charge in [-0.2, -0.15) is 4.98 Å². The smallest absolute Gasteiger partial charge is 0.223 e. The summed E-state index contributed by atoms with van der Waals surface area (Å²) in [6.45, 7) is 0. The maximum atomic E-state index is 6.10. The molecular weight excluding hydrogens is 224 g/mol. The van der Waals surface area contributed by atoms with Crippen molar-refractivity contribution in [2.24, 2.45) is 7.05 Å². The van der Waals surface area contributed by atoms with Crippen molar-refractivity contribution in [3.63, 3.8) is 0 Å². The predicted octanol–water partition coefficient (Wildman–Crippen LogP) is 2.20. The molecule has 2 aromatic rings. The van der Waals surface area contributed by atoms with Crippen LogP contribution in [0, 0.1) is 0 Å². The van der Waals surface area contributed by atoms with E-state index < -0.39 is 0 Å². The number of hydrogen-bond acceptors (Lipinski definition) is 3. The zero-order valence-electron chi connectivity index (χ0n) is 9.48. The van der Waals surface area contributed by atoms with E-state index in [2.05, 4.69) is 10.1 Å². The largest absolute Gasteiger partial charge is 0.347 e. The molecule has 16 heavy (non-hydrogen) atoms. The van der Waals surface area contributed by atoms with E-state index in [9.17, 15) is 0 Å².